The predicted molar refractivity (Wildman–Crippen MR) is 74.4 cm³/mol. The molecule has 6 nitrogen and oxygen atoms in total. The van der Waals surface area contributed by atoms with Crippen molar-refractivity contribution in [3.8, 4) is 6.07 Å². The van der Waals surface area contributed by atoms with Gasteiger partial charge >= 0.3 is 0 Å². The first kappa shape index (κ1) is 14.9. The molecule has 2 N–H and O–H groups in total. The third kappa shape index (κ3) is 4.00. The monoisotopic (exact) mass is 294 g/mol. The van der Waals surface area contributed by atoms with Crippen LogP contribution in [0.25, 0.3) is 0 Å². The van der Waals surface area contributed by atoms with Crippen LogP contribution in [0.1, 0.15) is 24.8 Å². The molecule has 0 amide bonds. The number of rotatable bonds is 5. The van der Waals surface area contributed by atoms with Gasteiger partial charge in [0.2, 0.25) is 10.0 Å². The number of aromatic nitrogens is 1. The Balaban J connectivity index is 1.91. The molecule has 1 fully saturated rings. The highest BCUT2D eigenvalue weighted by molar-refractivity contribution is 7.89. The Morgan fingerprint density at radius 3 is 3.05 bits per heavy atom. The molecule has 1 atom stereocenters. The quantitative estimate of drug-likeness (QED) is 0.830. The van der Waals surface area contributed by atoms with E-state index in [2.05, 4.69) is 15.0 Å². The fraction of sp³-hybridized carbons (Fsp3) is 0.538. The Morgan fingerprint density at radius 2 is 2.35 bits per heavy atom. The minimum absolute atomic E-state index is 0.0401. The molecule has 0 saturated carbocycles. The van der Waals surface area contributed by atoms with Gasteiger partial charge in [0.15, 0.2) is 0 Å². The molecule has 0 aliphatic carbocycles. The van der Waals surface area contributed by atoms with Gasteiger partial charge in [-0.25, -0.2) is 13.1 Å². The Bertz CT molecular complexity index is 589. The van der Waals surface area contributed by atoms with Crippen molar-refractivity contribution < 1.29 is 8.42 Å². The third-order valence-corrected chi connectivity index (χ3v) is 4.82. The second-order valence-electron chi connectivity index (χ2n) is 4.92. The van der Waals surface area contributed by atoms with Crippen LogP contribution >= 0.6 is 0 Å². The van der Waals surface area contributed by atoms with Crippen molar-refractivity contribution in [1.29, 1.82) is 5.26 Å². The van der Waals surface area contributed by atoms with Crippen LogP contribution in [-0.2, 0) is 10.0 Å². The number of hydrogen-bond acceptors (Lipinski definition) is 5. The molecule has 1 aromatic rings. The lowest BCUT2D eigenvalue weighted by atomic mass is 9.96. The lowest BCUT2D eigenvalue weighted by molar-refractivity contribution is 0.358. The van der Waals surface area contributed by atoms with Crippen molar-refractivity contribution in [2.24, 2.45) is 5.92 Å². The first-order valence-corrected chi connectivity index (χ1v) is 8.15. The van der Waals surface area contributed by atoms with Gasteiger partial charge in [0.25, 0.3) is 0 Å². The van der Waals surface area contributed by atoms with E-state index in [1.54, 1.807) is 0 Å². The van der Waals surface area contributed by atoms with Crippen LogP contribution in [-0.4, -0.2) is 33.0 Å². The first-order valence-electron chi connectivity index (χ1n) is 6.67. The fourth-order valence-electron chi connectivity index (χ4n) is 2.28. The average molecular weight is 294 g/mol. The van der Waals surface area contributed by atoms with E-state index in [1.165, 1.54) is 18.5 Å². The summed E-state index contributed by atoms with van der Waals surface area (Å²) in [7, 11) is -3.58. The highest BCUT2D eigenvalue weighted by atomic mass is 32.2. The lowest BCUT2D eigenvalue weighted by Gasteiger charge is -2.22. The van der Waals surface area contributed by atoms with E-state index in [0.717, 1.165) is 32.4 Å². The van der Waals surface area contributed by atoms with Crippen LogP contribution < -0.4 is 10.0 Å². The van der Waals surface area contributed by atoms with Gasteiger partial charge in [-0.1, -0.05) is 0 Å². The van der Waals surface area contributed by atoms with Gasteiger partial charge in [-0.15, -0.1) is 0 Å². The average Bonchev–Trinajstić information content (AvgIpc) is 2.48. The number of nitrogens with one attached hydrogen (secondary N) is 2. The second kappa shape index (κ2) is 6.79. The molecule has 0 spiro atoms. The molecule has 108 valence electrons. The molecule has 1 aromatic heterocycles. The van der Waals surface area contributed by atoms with Gasteiger partial charge in [0.05, 0.1) is 5.56 Å². The Kier molecular flexibility index (Phi) is 5.06. The lowest BCUT2D eigenvalue weighted by Crippen LogP contribution is -2.33. The van der Waals surface area contributed by atoms with Crippen molar-refractivity contribution >= 4 is 10.0 Å². The van der Waals surface area contributed by atoms with E-state index >= 15 is 0 Å². The molecule has 20 heavy (non-hydrogen) atoms. The van der Waals surface area contributed by atoms with Gasteiger partial charge in [-0.2, -0.15) is 5.26 Å². The Hall–Kier alpha value is -1.49. The highest BCUT2D eigenvalue weighted by Gasteiger charge is 2.17. The fourth-order valence-corrected chi connectivity index (χ4v) is 3.31. The van der Waals surface area contributed by atoms with Crippen LogP contribution in [0.2, 0.25) is 0 Å². The normalized spacial score (nSPS) is 19.4. The zero-order valence-corrected chi connectivity index (χ0v) is 12.0. The molecule has 1 aliphatic rings. The summed E-state index contributed by atoms with van der Waals surface area (Å²) in [5, 5.41) is 12.1. The molecule has 7 heteroatoms. The number of pyridine rings is 1. The number of sulfonamides is 1. The molecule has 1 aliphatic heterocycles. The third-order valence-electron chi connectivity index (χ3n) is 3.40. The van der Waals surface area contributed by atoms with E-state index in [0.29, 0.717) is 12.5 Å². The maximum absolute atomic E-state index is 12.1. The van der Waals surface area contributed by atoms with Crippen molar-refractivity contribution in [2.75, 3.05) is 19.6 Å². The van der Waals surface area contributed by atoms with E-state index < -0.39 is 10.0 Å². The highest BCUT2D eigenvalue weighted by Crippen LogP contribution is 2.14. The topological polar surface area (TPSA) is 94.9 Å². The summed E-state index contributed by atoms with van der Waals surface area (Å²) >= 11 is 0. The van der Waals surface area contributed by atoms with Crippen molar-refractivity contribution in [2.45, 2.75) is 24.2 Å². The number of hydrogen-bond donors (Lipinski definition) is 2. The van der Waals surface area contributed by atoms with Gasteiger partial charge in [-0.3, -0.25) is 4.98 Å². The summed E-state index contributed by atoms with van der Waals surface area (Å²) < 4.78 is 26.7. The molecule has 1 unspecified atom stereocenters. The first-order chi connectivity index (χ1) is 9.62. The zero-order valence-electron chi connectivity index (χ0n) is 11.2. The van der Waals surface area contributed by atoms with Crippen molar-refractivity contribution in [3.63, 3.8) is 0 Å². The van der Waals surface area contributed by atoms with E-state index in [-0.39, 0.29) is 10.5 Å². The van der Waals surface area contributed by atoms with Crippen LogP contribution in [0, 0.1) is 17.2 Å². The minimum atomic E-state index is -3.58. The predicted octanol–water partition coefficient (Wildman–Crippen LogP) is 0.621. The summed E-state index contributed by atoms with van der Waals surface area (Å²) in [5.74, 6) is 0.523. The molecule has 2 heterocycles. The van der Waals surface area contributed by atoms with Gasteiger partial charge in [0, 0.05) is 18.9 Å². The smallest absolute Gasteiger partial charge is 0.242 e. The minimum Gasteiger partial charge on any atom is -0.316 e. The SMILES string of the molecule is N#Cc1cncc(S(=O)(=O)NCCC2CCCNC2)c1. The molecular weight excluding hydrogens is 276 g/mol. The van der Waals surface area contributed by atoms with E-state index in [9.17, 15) is 8.42 Å². The van der Waals surface area contributed by atoms with Crippen LogP contribution in [0.3, 0.4) is 0 Å². The van der Waals surface area contributed by atoms with Crippen LogP contribution in [0.15, 0.2) is 23.4 Å². The zero-order chi connectivity index (χ0) is 14.4. The summed E-state index contributed by atoms with van der Waals surface area (Å²) in [6.45, 7) is 2.41. The number of piperidine rings is 1. The molecule has 1 saturated heterocycles. The van der Waals surface area contributed by atoms with Gasteiger partial charge in [-0.05, 0) is 44.3 Å². The molecular formula is C13H18N4O2S. The molecule has 0 bridgehead atoms. The Morgan fingerprint density at radius 1 is 1.50 bits per heavy atom. The summed E-state index contributed by atoms with van der Waals surface area (Å²) in [4.78, 5) is 3.81. The summed E-state index contributed by atoms with van der Waals surface area (Å²) in [5.41, 5.74) is 0.240. The second-order valence-corrected chi connectivity index (χ2v) is 6.69. The van der Waals surface area contributed by atoms with Crippen molar-refractivity contribution in [3.05, 3.63) is 24.0 Å². The van der Waals surface area contributed by atoms with Crippen LogP contribution in [0.5, 0.6) is 0 Å². The molecule has 2 rings (SSSR count). The maximum atomic E-state index is 12.1. The maximum Gasteiger partial charge on any atom is 0.242 e. The summed E-state index contributed by atoms with van der Waals surface area (Å²) in [6.07, 6.45) is 5.70. The number of nitriles is 1. The van der Waals surface area contributed by atoms with E-state index in [1.807, 2.05) is 6.07 Å². The van der Waals surface area contributed by atoms with Gasteiger partial charge < -0.3 is 5.32 Å². The van der Waals surface area contributed by atoms with Crippen molar-refractivity contribution in [1.82, 2.24) is 15.0 Å². The number of nitrogens with zero attached hydrogens (tertiary/aromatic N) is 2. The van der Waals surface area contributed by atoms with Crippen LogP contribution in [0.4, 0.5) is 0 Å². The summed E-state index contributed by atoms with van der Waals surface area (Å²) in [6, 6.07) is 3.22. The molecule has 0 aromatic carbocycles. The largest absolute Gasteiger partial charge is 0.316 e. The standard InChI is InChI=1S/C13H18N4O2S/c14-7-12-6-13(10-16-9-12)20(18,19)17-5-3-11-2-1-4-15-8-11/h6,9-11,15,17H,1-5,8H2. The Labute approximate surface area is 119 Å². The van der Waals surface area contributed by atoms with E-state index in [4.69, 9.17) is 5.26 Å². The molecule has 0 radical (unpaired) electrons. The van der Waals surface area contributed by atoms with Gasteiger partial charge in [0.1, 0.15) is 11.0 Å².